The number of piperazine rings is 1. The number of hydrogen-bond donors (Lipinski definition) is 2. The third kappa shape index (κ3) is 4.02. The lowest BCUT2D eigenvalue weighted by Gasteiger charge is -2.44. The van der Waals surface area contributed by atoms with E-state index in [0.717, 1.165) is 38.8 Å². The van der Waals surface area contributed by atoms with Gasteiger partial charge in [-0.05, 0) is 57.5 Å². The molecule has 2 atom stereocenters. The molecule has 22 heavy (non-hydrogen) atoms. The van der Waals surface area contributed by atoms with Crippen LogP contribution in [-0.4, -0.2) is 63.2 Å². The maximum Gasteiger partial charge on any atom is 0.150 e. The summed E-state index contributed by atoms with van der Waals surface area (Å²) in [6.45, 7) is 4.49. The first kappa shape index (κ1) is 16.7. The Bertz CT molecular complexity index is 454. The molecule has 2 N–H and O–H groups in total. The van der Waals surface area contributed by atoms with Crippen molar-refractivity contribution in [1.29, 1.82) is 0 Å². The first-order valence-corrected chi connectivity index (χ1v) is 10.9. The first-order valence-electron chi connectivity index (χ1n) is 8.94. The largest absolute Gasteiger partial charge is 0.312 e. The standard InChI is InChI=1S/C16H31N3O2S/c1-22(20,21)14-7-5-13(6-8-14)15-11-17-12-16(18-15)19-9-3-2-4-10-19/h13-18H,2-12H2,1H3. The van der Waals surface area contributed by atoms with Gasteiger partial charge in [0.25, 0.3) is 0 Å². The predicted octanol–water partition coefficient (Wildman–Crippen LogP) is 0.963. The van der Waals surface area contributed by atoms with E-state index in [1.54, 1.807) is 0 Å². The second-order valence-electron chi connectivity index (χ2n) is 7.41. The molecule has 0 bridgehead atoms. The molecule has 1 saturated carbocycles. The molecule has 1 aliphatic carbocycles. The lowest BCUT2D eigenvalue weighted by molar-refractivity contribution is 0.0872. The van der Waals surface area contributed by atoms with Gasteiger partial charge < -0.3 is 5.32 Å². The molecule has 2 aliphatic heterocycles. The third-order valence-corrected chi connectivity index (χ3v) is 7.52. The van der Waals surface area contributed by atoms with E-state index in [-0.39, 0.29) is 5.25 Å². The Morgan fingerprint density at radius 2 is 1.64 bits per heavy atom. The maximum atomic E-state index is 11.7. The minimum absolute atomic E-state index is 0.0989. The lowest BCUT2D eigenvalue weighted by Crippen LogP contribution is -2.64. The molecule has 0 radical (unpaired) electrons. The normalized spacial score (nSPS) is 38.8. The van der Waals surface area contributed by atoms with E-state index in [2.05, 4.69) is 15.5 Å². The van der Waals surface area contributed by atoms with Gasteiger partial charge in [0.15, 0.2) is 0 Å². The minimum Gasteiger partial charge on any atom is -0.312 e. The molecule has 0 aromatic carbocycles. The van der Waals surface area contributed by atoms with Gasteiger partial charge in [0, 0.05) is 25.4 Å². The van der Waals surface area contributed by atoms with Crippen LogP contribution in [0.2, 0.25) is 0 Å². The van der Waals surface area contributed by atoms with Crippen molar-refractivity contribution in [1.82, 2.24) is 15.5 Å². The minimum atomic E-state index is -2.85. The van der Waals surface area contributed by atoms with E-state index in [0.29, 0.717) is 18.1 Å². The number of sulfone groups is 1. The van der Waals surface area contributed by atoms with Gasteiger partial charge in [0.1, 0.15) is 9.84 Å². The number of rotatable bonds is 3. The molecule has 0 aromatic rings. The zero-order valence-corrected chi connectivity index (χ0v) is 14.6. The summed E-state index contributed by atoms with van der Waals surface area (Å²) in [4.78, 5) is 2.59. The van der Waals surface area contributed by atoms with Crippen LogP contribution in [0.4, 0.5) is 0 Å². The highest BCUT2D eigenvalue weighted by molar-refractivity contribution is 7.91. The van der Waals surface area contributed by atoms with Gasteiger partial charge in [-0.3, -0.25) is 10.2 Å². The van der Waals surface area contributed by atoms with Crippen LogP contribution in [0, 0.1) is 5.92 Å². The van der Waals surface area contributed by atoms with Gasteiger partial charge >= 0.3 is 0 Å². The average Bonchev–Trinajstić information content (AvgIpc) is 2.55. The van der Waals surface area contributed by atoms with E-state index in [1.807, 2.05) is 0 Å². The van der Waals surface area contributed by atoms with Crippen molar-refractivity contribution < 1.29 is 8.42 Å². The lowest BCUT2D eigenvalue weighted by atomic mass is 9.83. The second-order valence-corrected chi connectivity index (χ2v) is 9.74. The molecule has 2 heterocycles. The number of nitrogens with zero attached hydrogens (tertiary/aromatic N) is 1. The number of hydrogen-bond acceptors (Lipinski definition) is 5. The van der Waals surface area contributed by atoms with Crippen molar-refractivity contribution >= 4 is 9.84 Å². The van der Waals surface area contributed by atoms with Crippen LogP contribution in [0.1, 0.15) is 44.9 Å². The van der Waals surface area contributed by atoms with Crippen LogP contribution >= 0.6 is 0 Å². The Balaban J connectivity index is 1.52. The molecule has 0 amide bonds. The summed E-state index contributed by atoms with van der Waals surface area (Å²) in [5.41, 5.74) is 0. The zero-order valence-electron chi connectivity index (χ0n) is 13.8. The molecule has 0 aromatic heterocycles. The van der Waals surface area contributed by atoms with Crippen molar-refractivity contribution in [3.05, 3.63) is 0 Å². The Labute approximate surface area is 135 Å². The fourth-order valence-electron chi connectivity index (χ4n) is 4.43. The quantitative estimate of drug-likeness (QED) is 0.808. The molecule has 5 nitrogen and oxygen atoms in total. The van der Waals surface area contributed by atoms with E-state index in [4.69, 9.17) is 0 Å². The van der Waals surface area contributed by atoms with Crippen LogP contribution in [0.3, 0.4) is 0 Å². The van der Waals surface area contributed by atoms with Gasteiger partial charge in [-0.2, -0.15) is 0 Å². The van der Waals surface area contributed by atoms with Crippen molar-refractivity contribution in [3.63, 3.8) is 0 Å². The Kier molecular flexibility index (Phi) is 5.43. The SMILES string of the molecule is CS(=O)(=O)C1CCC(C2CNCC(N3CCCCC3)N2)CC1. The topological polar surface area (TPSA) is 61.4 Å². The highest BCUT2D eigenvalue weighted by atomic mass is 32.2. The molecule has 0 spiro atoms. The summed E-state index contributed by atoms with van der Waals surface area (Å²) in [5, 5.41) is 7.36. The van der Waals surface area contributed by atoms with Crippen molar-refractivity contribution in [3.8, 4) is 0 Å². The molecule has 6 heteroatoms. The van der Waals surface area contributed by atoms with Crippen LogP contribution in [0.15, 0.2) is 0 Å². The summed E-state index contributed by atoms with van der Waals surface area (Å²) in [6, 6.07) is 0.501. The summed E-state index contributed by atoms with van der Waals surface area (Å²) in [6.07, 6.45) is 9.65. The highest BCUT2D eigenvalue weighted by Crippen LogP contribution is 2.31. The Morgan fingerprint density at radius 1 is 0.955 bits per heavy atom. The average molecular weight is 330 g/mol. The van der Waals surface area contributed by atoms with E-state index < -0.39 is 9.84 Å². The van der Waals surface area contributed by atoms with Crippen LogP contribution in [0.5, 0.6) is 0 Å². The second kappa shape index (κ2) is 7.16. The number of nitrogens with one attached hydrogen (secondary N) is 2. The van der Waals surface area contributed by atoms with Gasteiger partial charge in [-0.1, -0.05) is 6.42 Å². The zero-order chi connectivity index (χ0) is 15.6. The Morgan fingerprint density at radius 3 is 2.27 bits per heavy atom. The summed E-state index contributed by atoms with van der Waals surface area (Å²) < 4.78 is 23.4. The van der Waals surface area contributed by atoms with Crippen LogP contribution in [0.25, 0.3) is 0 Å². The first-order chi connectivity index (χ1) is 10.5. The molecular formula is C16H31N3O2S. The van der Waals surface area contributed by atoms with E-state index in [1.165, 1.54) is 38.6 Å². The van der Waals surface area contributed by atoms with Crippen molar-refractivity contribution in [2.24, 2.45) is 5.92 Å². The highest BCUT2D eigenvalue weighted by Gasteiger charge is 2.35. The molecule has 3 fully saturated rings. The monoisotopic (exact) mass is 329 g/mol. The number of likely N-dealkylation sites (tertiary alicyclic amines) is 1. The smallest absolute Gasteiger partial charge is 0.150 e. The van der Waals surface area contributed by atoms with Gasteiger partial charge in [-0.25, -0.2) is 8.42 Å². The molecule has 2 saturated heterocycles. The Hall–Kier alpha value is -0.170. The van der Waals surface area contributed by atoms with E-state index >= 15 is 0 Å². The molecule has 128 valence electrons. The third-order valence-electron chi connectivity index (χ3n) is 5.83. The summed E-state index contributed by atoms with van der Waals surface area (Å²) in [5.74, 6) is 0.623. The van der Waals surface area contributed by atoms with Gasteiger partial charge in [-0.15, -0.1) is 0 Å². The number of piperidine rings is 1. The predicted molar refractivity (Wildman–Crippen MR) is 89.6 cm³/mol. The fraction of sp³-hybridized carbons (Fsp3) is 1.00. The maximum absolute atomic E-state index is 11.7. The van der Waals surface area contributed by atoms with Gasteiger partial charge in [0.2, 0.25) is 0 Å². The van der Waals surface area contributed by atoms with Crippen LogP contribution in [-0.2, 0) is 9.84 Å². The fourth-order valence-corrected chi connectivity index (χ4v) is 5.56. The molecule has 3 rings (SSSR count). The summed E-state index contributed by atoms with van der Waals surface area (Å²) >= 11 is 0. The van der Waals surface area contributed by atoms with E-state index in [9.17, 15) is 8.42 Å². The summed E-state index contributed by atoms with van der Waals surface area (Å²) in [7, 11) is -2.85. The van der Waals surface area contributed by atoms with Crippen molar-refractivity contribution in [2.75, 3.05) is 32.4 Å². The van der Waals surface area contributed by atoms with Crippen LogP contribution < -0.4 is 10.6 Å². The molecular weight excluding hydrogens is 298 g/mol. The van der Waals surface area contributed by atoms with Gasteiger partial charge in [0.05, 0.1) is 11.4 Å². The molecule has 3 aliphatic rings. The van der Waals surface area contributed by atoms with Crippen molar-refractivity contribution in [2.45, 2.75) is 62.4 Å². The molecule has 2 unspecified atom stereocenters.